The molecule has 2 heterocycles. The zero-order valence-electron chi connectivity index (χ0n) is 12.2. The molecular weight excluding hydrogens is 284 g/mol. The average molecular weight is 300 g/mol. The summed E-state index contributed by atoms with van der Waals surface area (Å²) in [7, 11) is 1.31. The molecule has 2 aromatic rings. The second-order valence-electron chi connectivity index (χ2n) is 5.11. The van der Waals surface area contributed by atoms with E-state index in [9.17, 15) is 9.59 Å². The smallest absolute Gasteiger partial charge is 0.338 e. The van der Waals surface area contributed by atoms with Gasteiger partial charge in [0.2, 0.25) is 0 Å². The maximum Gasteiger partial charge on any atom is 0.338 e. The van der Waals surface area contributed by atoms with Crippen LogP contribution in [0.25, 0.3) is 0 Å². The highest BCUT2D eigenvalue weighted by atomic mass is 16.5. The maximum atomic E-state index is 12.7. The fourth-order valence-corrected chi connectivity index (χ4v) is 2.68. The Kier molecular flexibility index (Phi) is 3.86. The molecule has 0 N–H and O–H groups in total. The summed E-state index contributed by atoms with van der Waals surface area (Å²) in [6.07, 6.45) is 4.23. The third-order valence-corrected chi connectivity index (χ3v) is 3.83. The Bertz CT molecular complexity index is 684. The second kappa shape index (κ2) is 5.97. The van der Waals surface area contributed by atoms with Crippen molar-refractivity contribution in [2.45, 2.75) is 12.5 Å². The quantitative estimate of drug-likeness (QED) is 0.795. The van der Waals surface area contributed by atoms with Crippen molar-refractivity contribution in [3.63, 3.8) is 0 Å². The monoisotopic (exact) mass is 300 g/mol. The van der Waals surface area contributed by atoms with Crippen molar-refractivity contribution in [1.29, 1.82) is 0 Å². The Hall–Kier alpha value is -2.70. The van der Waals surface area contributed by atoms with Crippen LogP contribution >= 0.6 is 0 Å². The van der Waals surface area contributed by atoms with Crippen LogP contribution < -0.4 is 0 Å². The van der Waals surface area contributed by atoms with Crippen molar-refractivity contribution in [3.05, 3.63) is 47.8 Å². The molecule has 0 radical (unpaired) electrons. The molecule has 22 heavy (non-hydrogen) atoms. The van der Waals surface area contributed by atoms with Crippen LogP contribution in [0.15, 0.2) is 36.7 Å². The minimum Gasteiger partial charge on any atom is -0.465 e. The van der Waals surface area contributed by atoms with Gasteiger partial charge in [-0.15, -0.1) is 5.10 Å². The molecule has 0 aliphatic carbocycles. The summed E-state index contributed by atoms with van der Waals surface area (Å²) in [4.78, 5) is 26.2. The lowest BCUT2D eigenvalue weighted by Crippen LogP contribution is -2.30. The van der Waals surface area contributed by atoms with Gasteiger partial charge in [-0.2, -0.15) is 0 Å². The topological polar surface area (TPSA) is 77.3 Å². The number of rotatable bonds is 3. The Morgan fingerprint density at radius 1 is 1.27 bits per heavy atom. The van der Waals surface area contributed by atoms with E-state index in [1.807, 2.05) is 0 Å². The molecule has 1 fully saturated rings. The number of ether oxygens (including phenoxy) is 1. The Balaban J connectivity index is 1.79. The number of hydrogen-bond donors (Lipinski definition) is 0. The standard InChI is InChI=1S/C15H16N4O3/c1-22-15(21)13-5-3-2-4-12(13)14(20)18-8-6-11(10-18)19-9-7-16-17-19/h2-5,7,9,11H,6,8,10H2,1H3. The number of nitrogens with zero attached hydrogens (tertiary/aromatic N) is 4. The van der Waals surface area contributed by atoms with Crippen LogP contribution in [0.4, 0.5) is 0 Å². The van der Waals surface area contributed by atoms with Gasteiger partial charge >= 0.3 is 5.97 Å². The number of esters is 1. The highest BCUT2D eigenvalue weighted by Gasteiger charge is 2.30. The molecule has 1 aliphatic heterocycles. The lowest BCUT2D eigenvalue weighted by molar-refractivity contribution is 0.0592. The first-order valence-electron chi connectivity index (χ1n) is 7.03. The highest BCUT2D eigenvalue weighted by Crippen LogP contribution is 2.23. The molecule has 0 spiro atoms. The normalized spacial score (nSPS) is 17.5. The van der Waals surface area contributed by atoms with Crippen LogP contribution in [0, 0.1) is 0 Å². The number of aromatic nitrogens is 3. The summed E-state index contributed by atoms with van der Waals surface area (Å²) in [5.41, 5.74) is 0.660. The molecule has 1 aromatic heterocycles. The minimum atomic E-state index is -0.504. The van der Waals surface area contributed by atoms with E-state index >= 15 is 0 Å². The second-order valence-corrected chi connectivity index (χ2v) is 5.11. The van der Waals surface area contributed by atoms with Gasteiger partial charge in [0.15, 0.2) is 0 Å². The van der Waals surface area contributed by atoms with Crippen molar-refractivity contribution in [3.8, 4) is 0 Å². The molecular formula is C15H16N4O3. The van der Waals surface area contributed by atoms with Crippen LogP contribution in [0.5, 0.6) is 0 Å². The molecule has 1 unspecified atom stereocenters. The van der Waals surface area contributed by atoms with Gasteiger partial charge in [0.05, 0.1) is 30.5 Å². The van der Waals surface area contributed by atoms with Gasteiger partial charge in [0.1, 0.15) is 0 Å². The average Bonchev–Trinajstić information content (AvgIpc) is 3.24. The molecule has 3 rings (SSSR count). The van der Waals surface area contributed by atoms with E-state index in [-0.39, 0.29) is 11.9 Å². The molecule has 1 aliphatic rings. The third-order valence-electron chi connectivity index (χ3n) is 3.83. The van der Waals surface area contributed by atoms with Gasteiger partial charge in [-0.3, -0.25) is 4.79 Å². The van der Waals surface area contributed by atoms with E-state index in [1.165, 1.54) is 7.11 Å². The summed E-state index contributed by atoms with van der Waals surface area (Å²) in [5, 5.41) is 7.77. The van der Waals surface area contributed by atoms with Crippen LogP contribution in [0.3, 0.4) is 0 Å². The van der Waals surface area contributed by atoms with Crippen molar-refractivity contribution < 1.29 is 14.3 Å². The molecule has 0 bridgehead atoms. The van der Waals surface area contributed by atoms with E-state index in [1.54, 1.807) is 46.2 Å². The number of likely N-dealkylation sites (tertiary alicyclic amines) is 1. The largest absolute Gasteiger partial charge is 0.465 e. The van der Waals surface area contributed by atoms with Crippen LogP contribution in [-0.2, 0) is 4.74 Å². The molecule has 1 saturated heterocycles. The van der Waals surface area contributed by atoms with E-state index in [0.29, 0.717) is 24.2 Å². The van der Waals surface area contributed by atoms with E-state index in [2.05, 4.69) is 10.3 Å². The number of carbonyl (C=O) groups excluding carboxylic acids is 2. The summed E-state index contributed by atoms with van der Waals surface area (Å²) < 4.78 is 6.50. The van der Waals surface area contributed by atoms with Crippen molar-refractivity contribution in [2.24, 2.45) is 0 Å². The predicted octanol–water partition coefficient (Wildman–Crippen LogP) is 1.15. The summed E-state index contributed by atoms with van der Waals surface area (Å²) in [6.45, 7) is 1.18. The Labute approximate surface area is 127 Å². The SMILES string of the molecule is COC(=O)c1ccccc1C(=O)N1CCC(n2ccnn2)C1. The third kappa shape index (κ3) is 2.57. The minimum absolute atomic E-state index is 0.122. The van der Waals surface area contributed by atoms with Gasteiger partial charge < -0.3 is 9.64 Å². The highest BCUT2D eigenvalue weighted by molar-refractivity contribution is 6.05. The zero-order valence-corrected chi connectivity index (χ0v) is 12.2. The van der Waals surface area contributed by atoms with E-state index in [4.69, 9.17) is 4.74 Å². The maximum absolute atomic E-state index is 12.7. The van der Waals surface area contributed by atoms with Crippen molar-refractivity contribution in [1.82, 2.24) is 19.9 Å². The summed E-state index contributed by atoms with van der Waals surface area (Å²) >= 11 is 0. The number of methoxy groups -OCH3 is 1. The van der Waals surface area contributed by atoms with Gasteiger partial charge in [-0.05, 0) is 18.6 Å². The van der Waals surface area contributed by atoms with Crippen molar-refractivity contribution >= 4 is 11.9 Å². The lowest BCUT2D eigenvalue weighted by atomic mass is 10.1. The van der Waals surface area contributed by atoms with E-state index < -0.39 is 5.97 Å². The zero-order chi connectivity index (χ0) is 15.5. The fraction of sp³-hybridized carbons (Fsp3) is 0.333. The molecule has 114 valence electrons. The molecule has 1 aromatic carbocycles. The van der Waals surface area contributed by atoms with Crippen LogP contribution in [0.1, 0.15) is 33.2 Å². The van der Waals surface area contributed by atoms with Gasteiger partial charge in [-0.25, -0.2) is 9.48 Å². The van der Waals surface area contributed by atoms with Crippen LogP contribution in [-0.4, -0.2) is 52.0 Å². The first-order valence-corrected chi connectivity index (χ1v) is 7.03. The van der Waals surface area contributed by atoms with Gasteiger partial charge in [0.25, 0.3) is 5.91 Å². The summed E-state index contributed by atoms with van der Waals surface area (Å²) in [5.74, 6) is -0.667. The number of amides is 1. The summed E-state index contributed by atoms with van der Waals surface area (Å²) in [6, 6.07) is 6.83. The number of hydrogen-bond acceptors (Lipinski definition) is 5. The molecule has 7 nitrogen and oxygen atoms in total. The van der Waals surface area contributed by atoms with Gasteiger partial charge in [0, 0.05) is 19.3 Å². The van der Waals surface area contributed by atoms with Crippen LogP contribution in [0.2, 0.25) is 0 Å². The molecule has 0 saturated carbocycles. The van der Waals surface area contributed by atoms with E-state index in [0.717, 1.165) is 6.42 Å². The fourth-order valence-electron chi connectivity index (χ4n) is 2.68. The first-order chi connectivity index (χ1) is 10.7. The van der Waals surface area contributed by atoms with Gasteiger partial charge in [-0.1, -0.05) is 17.3 Å². The Morgan fingerprint density at radius 2 is 2.05 bits per heavy atom. The number of benzene rings is 1. The first kappa shape index (κ1) is 14.2. The molecule has 7 heteroatoms. The van der Waals surface area contributed by atoms with Crippen molar-refractivity contribution in [2.75, 3.05) is 20.2 Å². The predicted molar refractivity (Wildman–Crippen MR) is 77.4 cm³/mol. The Morgan fingerprint density at radius 3 is 2.73 bits per heavy atom. The molecule has 1 atom stereocenters. The number of carbonyl (C=O) groups is 2. The lowest BCUT2D eigenvalue weighted by Gasteiger charge is -2.18. The molecule has 1 amide bonds.